The molecule has 0 aromatic carbocycles. The van der Waals surface area contributed by atoms with Gasteiger partial charge in [-0.3, -0.25) is 0 Å². The molecule has 1 saturated heterocycles. The monoisotopic (exact) mass is 193 g/mol. The maximum absolute atomic E-state index is 4.37. The molecule has 0 amide bonds. The number of rotatable bonds is 2. The van der Waals surface area contributed by atoms with Gasteiger partial charge in [-0.05, 0) is 31.3 Å². The average molecular weight is 193 g/mol. The van der Waals surface area contributed by atoms with Gasteiger partial charge < -0.3 is 9.88 Å². The van der Waals surface area contributed by atoms with Gasteiger partial charge in [0.25, 0.3) is 0 Å². The standard InChI is InChI=1S/C11H19N3/c1-9-5-10(8-12-7-9)6-11-13-3-4-14(11)2/h3-4,9-10,12H,5-8H2,1-2H3. The van der Waals surface area contributed by atoms with E-state index in [9.17, 15) is 0 Å². The van der Waals surface area contributed by atoms with Crippen LogP contribution < -0.4 is 5.32 Å². The van der Waals surface area contributed by atoms with Crippen molar-refractivity contribution in [3.63, 3.8) is 0 Å². The van der Waals surface area contributed by atoms with Gasteiger partial charge in [-0.1, -0.05) is 6.92 Å². The zero-order valence-corrected chi connectivity index (χ0v) is 9.03. The molecule has 2 atom stereocenters. The SMILES string of the molecule is CC1CNCC(Cc2nccn2C)C1. The Balaban J connectivity index is 1.94. The maximum Gasteiger partial charge on any atom is 0.108 e. The molecular formula is C11H19N3. The van der Waals surface area contributed by atoms with Gasteiger partial charge in [-0.25, -0.2) is 4.98 Å². The lowest BCUT2D eigenvalue weighted by Crippen LogP contribution is -2.36. The first-order chi connectivity index (χ1) is 6.75. The molecule has 2 unspecified atom stereocenters. The Morgan fingerprint density at radius 1 is 1.57 bits per heavy atom. The van der Waals surface area contributed by atoms with E-state index >= 15 is 0 Å². The van der Waals surface area contributed by atoms with E-state index in [1.54, 1.807) is 0 Å². The van der Waals surface area contributed by atoms with Crippen molar-refractivity contribution in [3.05, 3.63) is 18.2 Å². The summed E-state index contributed by atoms with van der Waals surface area (Å²) in [5, 5.41) is 3.48. The predicted molar refractivity (Wildman–Crippen MR) is 57.1 cm³/mol. The van der Waals surface area contributed by atoms with Crippen molar-refractivity contribution >= 4 is 0 Å². The number of nitrogens with zero attached hydrogens (tertiary/aromatic N) is 2. The maximum atomic E-state index is 4.37. The van der Waals surface area contributed by atoms with Gasteiger partial charge in [-0.15, -0.1) is 0 Å². The fourth-order valence-electron chi connectivity index (χ4n) is 2.28. The Hall–Kier alpha value is -0.830. The van der Waals surface area contributed by atoms with Crippen molar-refractivity contribution in [2.24, 2.45) is 18.9 Å². The molecule has 2 rings (SSSR count). The van der Waals surface area contributed by atoms with Gasteiger partial charge >= 0.3 is 0 Å². The third kappa shape index (κ3) is 2.15. The van der Waals surface area contributed by atoms with Crippen LogP contribution in [0.1, 0.15) is 19.2 Å². The first kappa shape index (κ1) is 9.71. The van der Waals surface area contributed by atoms with E-state index in [4.69, 9.17) is 0 Å². The van der Waals surface area contributed by atoms with Gasteiger partial charge in [0.2, 0.25) is 0 Å². The van der Waals surface area contributed by atoms with Crippen LogP contribution in [-0.2, 0) is 13.5 Å². The summed E-state index contributed by atoms with van der Waals surface area (Å²) in [6, 6.07) is 0. The summed E-state index contributed by atoms with van der Waals surface area (Å²) >= 11 is 0. The van der Waals surface area contributed by atoms with Crippen molar-refractivity contribution < 1.29 is 0 Å². The van der Waals surface area contributed by atoms with Crippen LogP contribution in [0.25, 0.3) is 0 Å². The number of imidazole rings is 1. The molecule has 0 aliphatic carbocycles. The summed E-state index contributed by atoms with van der Waals surface area (Å²) in [5.74, 6) is 2.79. The number of nitrogens with one attached hydrogen (secondary N) is 1. The Bertz CT molecular complexity index is 292. The van der Waals surface area contributed by atoms with Crippen LogP contribution in [0.3, 0.4) is 0 Å². The highest BCUT2D eigenvalue weighted by Gasteiger charge is 2.19. The van der Waals surface area contributed by atoms with Gasteiger partial charge in [0.05, 0.1) is 0 Å². The smallest absolute Gasteiger partial charge is 0.108 e. The summed E-state index contributed by atoms with van der Waals surface area (Å²) in [5.41, 5.74) is 0. The molecule has 0 bridgehead atoms. The minimum absolute atomic E-state index is 0.764. The zero-order valence-electron chi connectivity index (χ0n) is 9.03. The minimum Gasteiger partial charge on any atom is -0.338 e. The van der Waals surface area contributed by atoms with Gasteiger partial charge in [0.15, 0.2) is 0 Å². The van der Waals surface area contributed by atoms with Crippen LogP contribution in [0.4, 0.5) is 0 Å². The van der Waals surface area contributed by atoms with E-state index < -0.39 is 0 Å². The quantitative estimate of drug-likeness (QED) is 0.765. The number of piperidine rings is 1. The van der Waals surface area contributed by atoms with E-state index in [-0.39, 0.29) is 0 Å². The van der Waals surface area contributed by atoms with Gasteiger partial charge in [0, 0.05) is 25.9 Å². The molecule has 1 aliphatic rings. The second-order valence-corrected chi connectivity index (χ2v) is 4.52. The van der Waals surface area contributed by atoms with Crippen LogP contribution in [0.15, 0.2) is 12.4 Å². The molecule has 3 nitrogen and oxygen atoms in total. The van der Waals surface area contributed by atoms with Crippen LogP contribution in [0.2, 0.25) is 0 Å². The molecule has 2 heterocycles. The van der Waals surface area contributed by atoms with Crippen LogP contribution in [0.5, 0.6) is 0 Å². The summed E-state index contributed by atoms with van der Waals surface area (Å²) in [6.45, 7) is 4.64. The zero-order chi connectivity index (χ0) is 9.97. The topological polar surface area (TPSA) is 29.9 Å². The normalized spacial score (nSPS) is 27.9. The predicted octanol–water partition coefficient (Wildman–Crippen LogP) is 1.21. The van der Waals surface area contributed by atoms with Crippen molar-refractivity contribution in [2.45, 2.75) is 19.8 Å². The van der Waals surface area contributed by atoms with E-state index in [1.165, 1.54) is 18.8 Å². The number of hydrogen-bond donors (Lipinski definition) is 1. The van der Waals surface area contributed by atoms with Gasteiger partial charge in [0.1, 0.15) is 5.82 Å². The molecule has 0 spiro atoms. The summed E-state index contributed by atoms with van der Waals surface area (Å²) in [4.78, 5) is 4.37. The Morgan fingerprint density at radius 3 is 3.07 bits per heavy atom. The van der Waals surface area contributed by atoms with Crippen molar-refractivity contribution in [1.82, 2.24) is 14.9 Å². The Labute approximate surface area is 85.5 Å². The average Bonchev–Trinajstić information content (AvgIpc) is 2.52. The first-order valence-corrected chi connectivity index (χ1v) is 5.42. The molecule has 1 aliphatic heterocycles. The molecule has 3 heteroatoms. The second kappa shape index (κ2) is 4.13. The lowest BCUT2D eigenvalue weighted by Gasteiger charge is -2.27. The van der Waals surface area contributed by atoms with E-state index in [0.29, 0.717) is 0 Å². The first-order valence-electron chi connectivity index (χ1n) is 5.42. The minimum atomic E-state index is 0.764. The Morgan fingerprint density at radius 2 is 2.43 bits per heavy atom. The third-order valence-electron chi connectivity index (χ3n) is 3.05. The van der Waals surface area contributed by atoms with Crippen molar-refractivity contribution in [2.75, 3.05) is 13.1 Å². The summed E-state index contributed by atoms with van der Waals surface area (Å²) in [6.07, 6.45) is 6.35. The number of hydrogen-bond acceptors (Lipinski definition) is 2. The molecule has 14 heavy (non-hydrogen) atoms. The fraction of sp³-hybridized carbons (Fsp3) is 0.727. The highest BCUT2D eigenvalue weighted by molar-refractivity contribution is 4.94. The van der Waals surface area contributed by atoms with Crippen LogP contribution >= 0.6 is 0 Å². The highest BCUT2D eigenvalue weighted by Crippen LogP contribution is 2.19. The molecule has 1 fully saturated rings. The molecular weight excluding hydrogens is 174 g/mol. The molecule has 0 saturated carbocycles. The molecule has 1 N–H and O–H groups in total. The van der Waals surface area contributed by atoms with Crippen LogP contribution in [-0.4, -0.2) is 22.6 Å². The second-order valence-electron chi connectivity index (χ2n) is 4.52. The van der Waals surface area contributed by atoms with Crippen molar-refractivity contribution in [3.8, 4) is 0 Å². The number of aromatic nitrogens is 2. The third-order valence-corrected chi connectivity index (χ3v) is 3.05. The van der Waals surface area contributed by atoms with E-state index in [2.05, 4.69) is 28.8 Å². The lowest BCUT2D eigenvalue weighted by atomic mass is 9.89. The van der Waals surface area contributed by atoms with Crippen molar-refractivity contribution in [1.29, 1.82) is 0 Å². The fourth-order valence-corrected chi connectivity index (χ4v) is 2.28. The molecule has 1 aromatic rings. The Kier molecular flexibility index (Phi) is 2.87. The summed E-state index contributed by atoms with van der Waals surface area (Å²) < 4.78 is 2.12. The molecule has 1 aromatic heterocycles. The van der Waals surface area contributed by atoms with E-state index in [0.717, 1.165) is 24.8 Å². The molecule has 0 radical (unpaired) electrons. The molecule has 78 valence electrons. The number of aryl methyl sites for hydroxylation is 1. The summed E-state index contributed by atoms with van der Waals surface area (Å²) in [7, 11) is 2.07. The lowest BCUT2D eigenvalue weighted by molar-refractivity contribution is 0.297. The van der Waals surface area contributed by atoms with Crippen LogP contribution in [0, 0.1) is 11.8 Å². The highest BCUT2D eigenvalue weighted by atomic mass is 15.0. The van der Waals surface area contributed by atoms with E-state index in [1.807, 2.05) is 12.4 Å². The largest absolute Gasteiger partial charge is 0.338 e. The van der Waals surface area contributed by atoms with Gasteiger partial charge in [-0.2, -0.15) is 0 Å².